The summed E-state index contributed by atoms with van der Waals surface area (Å²) in [5, 5.41) is 10.0. The highest BCUT2D eigenvalue weighted by atomic mass is 16.5. The van der Waals surface area contributed by atoms with Crippen LogP contribution in [0.2, 0.25) is 0 Å². The minimum atomic E-state index is -0.307. The van der Waals surface area contributed by atoms with Gasteiger partial charge in [0.15, 0.2) is 0 Å². The van der Waals surface area contributed by atoms with Crippen molar-refractivity contribution in [3.8, 4) is 0 Å². The molecule has 2 heteroatoms. The van der Waals surface area contributed by atoms with Crippen molar-refractivity contribution in [2.75, 3.05) is 6.61 Å². The van der Waals surface area contributed by atoms with Crippen LogP contribution >= 0.6 is 0 Å². The molecule has 3 unspecified atom stereocenters. The fourth-order valence-corrected chi connectivity index (χ4v) is 2.32. The second-order valence-corrected chi connectivity index (χ2v) is 5.14. The lowest BCUT2D eigenvalue weighted by atomic mass is 9.81. The van der Waals surface area contributed by atoms with Gasteiger partial charge >= 0.3 is 0 Å². The molecule has 15 heavy (non-hydrogen) atoms. The SMILES string of the molecule is CC1=CC(C)CC(C(O)COC(C)C)C1. The topological polar surface area (TPSA) is 29.5 Å². The third-order valence-corrected chi connectivity index (χ3v) is 2.97. The van der Waals surface area contributed by atoms with E-state index in [1.54, 1.807) is 0 Å². The molecule has 0 aromatic rings. The van der Waals surface area contributed by atoms with Crippen LogP contribution < -0.4 is 0 Å². The molecule has 0 radical (unpaired) electrons. The lowest BCUT2D eigenvalue weighted by Crippen LogP contribution is -2.30. The Labute approximate surface area is 93.3 Å². The zero-order valence-corrected chi connectivity index (χ0v) is 10.4. The van der Waals surface area contributed by atoms with Gasteiger partial charge in [-0.05, 0) is 45.4 Å². The molecule has 1 rings (SSSR count). The molecule has 2 nitrogen and oxygen atoms in total. The molecule has 88 valence electrons. The van der Waals surface area contributed by atoms with Crippen LogP contribution in [-0.4, -0.2) is 23.9 Å². The second kappa shape index (κ2) is 5.66. The molecule has 0 heterocycles. The third-order valence-electron chi connectivity index (χ3n) is 2.97. The van der Waals surface area contributed by atoms with E-state index in [0.29, 0.717) is 18.4 Å². The first-order valence-electron chi connectivity index (χ1n) is 5.96. The number of rotatable bonds is 4. The standard InChI is InChI=1S/C13H24O2/c1-9(2)15-8-13(14)12-6-10(3)5-11(4)7-12/h5,9-10,12-14H,6-8H2,1-4H3. The highest BCUT2D eigenvalue weighted by Crippen LogP contribution is 2.30. The van der Waals surface area contributed by atoms with Crippen molar-refractivity contribution in [3.05, 3.63) is 11.6 Å². The fraction of sp³-hybridized carbons (Fsp3) is 0.846. The zero-order chi connectivity index (χ0) is 11.4. The van der Waals surface area contributed by atoms with Gasteiger partial charge in [0.1, 0.15) is 0 Å². The highest BCUT2D eigenvalue weighted by molar-refractivity contribution is 5.07. The Morgan fingerprint density at radius 1 is 1.53 bits per heavy atom. The second-order valence-electron chi connectivity index (χ2n) is 5.14. The van der Waals surface area contributed by atoms with Crippen molar-refractivity contribution >= 4 is 0 Å². The van der Waals surface area contributed by atoms with Crippen molar-refractivity contribution in [3.63, 3.8) is 0 Å². The van der Waals surface area contributed by atoms with Gasteiger partial charge in [0, 0.05) is 0 Å². The lowest BCUT2D eigenvalue weighted by Gasteiger charge is -2.29. The fourth-order valence-electron chi connectivity index (χ4n) is 2.32. The molecule has 0 aromatic carbocycles. The molecule has 1 aliphatic carbocycles. The van der Waals surface area contributed by atoms with Crippen LogP contribution in [0.4, 0.5) is 0 Å². The molecular formula is C13H24O2. The summed E-state index contributed by atoms with van der Waals surface area (Å²) in [6.45, 7) is 8.84. The maximum Gasteiger partial charge on any atom is 0.0805 e. The largest absolute Gasteiger partial charge is 0.390 e. The summed E-state index contributed by atoms with van der Waals surface area (Å²) < 4.78 is 5.46. The number of hydrogen-bond acceptors (Lipinski definition) is 2. The van der Waals surface area contributed by atoms with E-state index in [0.717, 1.165) is 12.8 Å². The summed E-state index contributed by atoms with van der Waals surface area (Å²) in [7, 11) is 0. The molecule has 0 spiro atoms. The van der Waals surface area contributed by atoms with Gasteiger partial charge in [-0.1, -0.05) is 18.6 Å². The van der Waals surface area contributed by atoms with E-state index in [-0.39, 0.29) is 12.2 Å². The van der Waals surface area contributed by atoms with Crippen LogP contribution in [0.15, 0.2) is 11.6 Å². The highest BCUT2D eigenvalue weighted by Gasteiger charge is 2.25. The van der Waals surface area contributed by atoms with Gasteiger partial charge in [-0.25, -0.2) is 0 Å². The van der Waals surface area contributed by atoms with E-state index >= 15 is 0 Å². The van der Waals surface area contributed by atoms with E-state index in [1.807, 2.05) is 13.8 Å². The van der Waals surface area contributed by atoms with Crippen LogP contribution in [0.25, 0.3) is 0 Å². The molecular weight excluding hydrogens is 188 g/mol. The van der Waals surface area contributed by atoms with Crippen LogP contribution in [0.3, 0.4) is 0 Å². The van der Waals surface area contributed by atoms with E-state index in [2.05, 4.69) is 19.9 Å². The molecule has 0 amide bonds. The van der Waals surface area contributed by atoms with Gasteiger partial charge in [-0.3, -0.25) is 0 Å². The van der Waals surface area contributed by atoms with Crippen molar-refractivity contribution < 1.29 is 9.84 Å². The number of allylic oxidation sites excluding steroid dienone is 2. The predicted octanol–water partition coefficient (Wildman–Crippen LogP) is 2.76. The first-order valence-corrected chi connectivity index (χ1v) is 5.96. The average Bonchev–Trinajstić information content (AvgIpc) is 2.12. The van der Waals surface area contributed by atoms with Crippen molar-refractivity contribution in [2.24, 2.45) is 11.8 Å². The third kappa shape index (κ3) is 4.35. The number of aliphatic hydroxyl groups excluding tert-OH is 1. The van der Waals surface area contributed by atoms with Crippen LogP contribution in [0.5, 0.6) is 0 Å². The van der Waals surface area contributed by atoms with E-state index in [1.165, 1.54) is 5.57 Å². The number of aliphatic hydroxyl groups is 1. The first kappa shape index (κ1) is 12.7. The average molecular weight is 212 g/mol. The summed E-state index contributed by atoms with van der Waals surface area (Å²) in [6.07, 6.45) is 4.32. The zero-order valence-electron chi connectivity index (χ0n) is 10.4. The van der Waals surface area contributed by atoms with Gasteiger partial charge in [0.05, 0.1) is 18.8 Å². The molecule has 0 aromatic heterocycles. The maximum absolute atomic E-state index is 10.0. The minimum absolute atomic E-state index is 0.206. The molecule has 0 aliphatic heterocycles. The summed E-state index contributed by atoms with van der Waals surface area (Å²) in [6, 6.07) is 0. The Morgan fingerprint density at radius 2 is 2.20 bits per heavy atom. The predicted molar refractivity (Wildman–Crippen MR) is 62.7 cm³/mol. The molecule has 0 fully saturated rings. The Kier molecular flexibility index (Phi) is 4.81. The van der Waals surface area contributed by atoms with Gasteiger partial charge in [-0.15, -0.1) is 0 Å². The molecule has 3 atom stereocenters. The maximum atomic E-state index is 10.0. The molecule has 1 aliphatic rings. The normalized spacial score (nSPS) is 29.1. The van der Waals surface area contributed by atoms with Crippen LogP contribution in [-0.2, 0) is 4.74 Å². The van der Waals surface area contributed by atoms with Crippen molar-refractivity contribution in [1.29, 1.82) is 0 Å². The van der Waals surface area contributed by atoms with Crippen LogP contribution in [0.1, 0.15) is 40.5 Å². The van der Waals surface area contributed by atoms with Gasteiger partial charge < -0.3 is 9.84 Å². The Hall–Kier alpha value is -0.340. The van der Waals surface area contributed by atoms with E-state index in [4.69, 9.17) is 4.74 Å². The van der Waals surface area contributed by atoms with Gasteiger partial charge in [-0.2, -0.15) is 0 Å². The molecule has 0 saturated carbocycles. The summed E-state index contributed by atoms with van der Waals surface area (Å²) in [5.41, 5.74) is 1.40. The Morgan fingerprint density at radius 3 is 2.73 bits per heavy atom. The molecule has 0 saturated heterocycles. The summed E-state index contributed by atoms with van der Waals surface area (Å²) in [5.74, 6) is 0.973. The Bertz CT molecular complexity index is 221. The monoisotopic (exact) mass is 212 g/mol. The van der Waals surface area contributed by atoms with E-state index in [9.17, 15) is 5.11 Å². The summed E-state index contributed by atoms with van der Waals surface area (Å²) >= 11 is 0. The van der Waals surface area contributed by atoms with Crippen LogP contribution in [0, 0.1) is 11.8 Å². The quantitative estimate of drug-likeness (QED) is 0.726. The van der Waals surface area contributed by atoms with E-state index < -0.39 is 0 Å². The number of hydrogen-bond donors (Lipinski definition) is 1. The van der Waals surface area contributed by atoms with Crippen molar-refractivity contribution in [2.45, 2.75) is 52.7 Å². The number of ether oxygens (including phenoxy) is 1. The smallest absolute Gasteiger partial charge is 0.0805 e. The Balaban J connectivity index is 2.40. The van der Waals surface area contributed by atoms with Gasteiger partial charge in [0.2, 0.25) is 0 Å². The first-order chi connectivity index (χ1) is 6.99. The van der Waals surface area contributed by atoms with Gasteiger partial charge in [0.25, 0.3) is 0 Å². The van der Waals surface area contributed by atoms with Crippen molar-refractivity contribution in [1.82, 2.24) is 0 Å². The molecule has 1 N–H and O–H groups in total. The molecule has 0 bridgehead atoms. The lowest BCUT2D eigenvalue weighted by molar-refractivity contribution is -0.0239. The summed E-state index contributed by atoms with van der Waals surface area (Å²) in [4.78, 5) is 0. The minimum Gasteiger partial charge on any atom is -0.390 e.